The minimum absolute atomic E-state index is 0.189. The van der Waals surface area contributed by atoms with Crippen LogP contribution in [-0.4, -0.2) is 66.3 Å². The monoisotopic (exact) mass is 480 g/mol. The zero-order chi connectivity index (χ0) is 24.5. The van der Waals surface area contributed by atoms with Gasteiger partial charge in [-0.3, -0.25) is 24.6 Å². The van der Waals surface area contributed by atoms with Crippen molar-refractivity contribution in [2.24, 2.45) is 0 Å². The van der Waals surface area contributed by atoms with Gasteiger partial charge < -0.3 is 14.5 Å². The topological polar surface area (TPSA) is 82.2 Å². The Bertz CT molecular complexity index is 1140. The van der Waals surface area contributed by atoms with E-state index in [1.807, 2.05) is 19.1 Å². The molecule has 0 aromatic heterocycles. The van der Waals surface area contributed by atoms with E-state index in [9.17, 15) is 18.8 Å². The van der Waals surface area contributed by atoms with Crippen LogP contribution in [0, 0.1) is 5.82 Å². The predicted molar refractivity (Wildman–Crippen MR) is 128 cm³/mol. The van der Waals surface area contributed by atoms with Gasteiger partial charge in [-0.15, -0.1) is 0 Å². The maximum Gasteiger partial charge on any atom is 0.255 e. The van der Waals surface area contributed by atoms with Gasteiger partial charge in [-0.2, -0.15) is 0 Å². The fourth-order valence-electron chi connectivity index (χ4n) is 5.15. The Balaban J connectivity index is 1.27. The molecule has 0 spiro atoms. The van der Waals surface area contributed by atoms with E-state index in [1.54, 1.807) is 0 Å². The molecule has 35 heavy (non-hydrogen) atoms. The lowest BCUT2D eigenvalue weighted by Crippen LogP contribution is -2.52. The summed E-state index contributed by atoms with van der Waals surface area (Å²) in [6.45, 7) is 6.70. The molecule has 0 saturated carbocycles. The third-order valence-corrected chi connectivity index (χ3v) is 6.95. The molecule has 1 N–H and O–H groups in total. The summed E-state index contributed by atoms with van der Waals surface area (Å²) in [5.74, 6) is -0.752. The number of hydrogen-bond acceptors (Lipinski definition) is 6. The van der Waals surface area contributed by atoms with Crippen molar-refractivity contribution in [1.82, 2.24) is 15.1 Å². The minimum Gasteiger partial charge on any atom is -0.494 e. The third-order valence-electron chi connectivity index (χ3n) is 6.95. The van der Waals surface area contributed by atoms with Gasteiger partial charge in [-0.05, 0) is 43.2 Å². The second-order valence-electron chi connectivity index (χ2n) is 9.19. The van der Waals surface area contributed by atoms with E-state index < -0.39 is 17.8 Å². The molecular weight excluding hydrogens is 451 g/mol. The van der Waals surface area contributed by atoms with Crippen LogP contribution in [0.3, 0.4) is 0 Å². The van der Waals surface area contributed by atoms with Crippen molar-refractivity contribution >= 4 is 23.4 Å². The lowest BCUT2D eigenvalue weighted by atomic mass is 10.0. The summed E-state index contributed by atoms with van der Waals surface area (Å²) in [5, 5.41) is 2.31. The van der Waals surface area contributed by atoms with Gasteiger partial charge in [0.05, 0.1) is 6.61 Å². The van der Waals surface area contributed by atoms with Crippen molar-refractivity contribution in [3.63, 3.8) is 0 Å². The summed E-state index contributed by atoms with van der Waals surface area (Å²) in [4.78, 5) is 42.9. The van der Waals surface area contributed by atoms with Gasteiger partial charge in [0.2, 0.25) is 11.8 Å². The van der Waals surface area contributed by atoms with E-state index in [4.69, 9.17) is 4.74 Å². The van der Waals surface area contributed by atoms with Crippen LogP contribution in [0.2, 0.25) is 0 Å². The summed E-state index contributed by atoms with van der Waals surface area (Å²) in [6.07, 6.45) is 0.473. The number of halogens is 1. The van der Waals surface area contributed by atoms with E-state index in [0.717, 1.165) is 30.9 Å². The molecule has 0 aliphatic carbocycles. The first-order valence-electron chi connectivity index (χ1n) is 12.1. The Labute approximate surface area is 203 Å². The molecule has 1 unspecified atom stereocenters. The lowest BCUT2D eigenvalue weighted by Gasteiger charge is -2.37. The molecule has 0 radical (unpaired) electrons. The van der Waals surface area contributed by atoms with Crippen LogP contribution in [0.5, 0.6) is 5.75 Å². The SMILES string of the molecule is CCOc1ccc(CN2CCN(c3cc(F)cc4c3CN(C3CCC(=O)NC3=O)C4=O)CC2)cc1. The first kappa shape index (κ1) is 23.3. The molecule has 2 saturated heterocycles. The van der Waals surface area contributed by atoms with Crippen molar-refractivity contribution in [3.05, 3.63) is 58.9 Å². The normalized spacial score (nSPS) is 20.7. The van der Waals surface area contributed by atoms with Crippen LogP contribution in [0.25, 0.3) is 0 Å². The van der Waals surface area contributed by atoms with Gasteiger partial charge in [-0.1, -0.05) is 12.1 Å². The summed E-state index contributed by atoms with van der Waals surface area (Å²) >= 11 is 0. The first-order chi connectivity index (χ1) is 16.9. The van der Waals surface area contributed by atoms with Gasteiger partial charge in [-0.25, -0.2) is 4.39 Å². The number of nitrogens with one attached hydrogen (secondary N) is 1. The fourth-order valence-corrected chi connectivity index (χ4v) is 5.15. The highest BCUT2D eigenvalue weighted by Gasteiger charge is 2.41. The second-order valence-corrected chi connectivity index (χ2v) is 9.19. The predicted octanol–water partition coefficient (Wildman–Crippen LogP) is 2.31. The Morgan fingerprint density at radius 3 is 2.49 bits per heavy atom. The number of nitrogens with zero attached hydrogens (tertiary/aromatic N) is 3. The number of carbonyl (C=O) groups excluding carboxylic acids is 3. The molecule has 3 aliphatic rings. The fraction of sp³-hybridized carbons (Fsp3) is 0.423. The van der Waals surface area contributed by atoms with Crippen LogP contribution in [-0.2, 0) is 22.7 Å². The zero-order valence-corrected chi connectivity index (χ0v) is 19.8. The highest BCUT2D eigenvalue weighted by molar-refractivity contribution is 6.06. The van der Waals surface area contributed by atoms with E-state index in [2.05, 4.69) is 27.2 Å². The molecule has 3 heterocycles. The van der Waals surface area contributed by atoms with Crippen LogP contribution in [0.4, 0.5) is 10.1 Å². The molecule has 1 atom stereocenters. The number of fused-ring (bicyclic) bond motifs is 1. The van der Waals surface area contributed by atoms with E-state index in [-0.39, 0.29) is 31.2 Å². The number of anilines is 1. The average molecular weight is 481 g/mol. The first-order valence-corrected chi connectivity index (χ1v) is 12.1. The van der Waals surface area contributed by atoms with Crippen LogP contribution in [0.1, 0.15) is 41.3 Å². The molecule has 184 valence electrons. The molecular formula is C26H29FN4O4. The van der Waals surface area contributed by atoms with Crippen LogP contribution < -0.4 is 15.0 Å². The molecule has 2 fully saturated rings. The van der Waals surface area contributed by atoms with Gasteiger partial charge in [0.25, 0.3) is 5.91 Å². The number of rotatable bonds is 6. The number of benzene rings is 2. The van der Waals surface area contributed by atoms with Crippen molar-refractivity contribution in [2.75, 3.05) is 37.7 Å². The van der Waals surface area contributed by atoms with Gasteiger partial charge >= 0.3 is 0 Å². The molecule has 3 amide bonds. The quantitative estimate of drug-likeness (QED) is 0.639. The third kappa shape index (κ3) is 4.73. The highest BCUT2D eigenvalue weighted by Crippen LogP contribution is 2.35. The zero-order valence-electron chi connectivity index (χ0n) is 19.8. The number of imide groups is 1. The van der Waals surface area contributed by atoms with Gasteiger partial charge in [0.1, 0.15) is 17.6 Å². The second kappa shape index (κ2) is 9.65. The van der Waals surface area contributed by atoms with Crippen LogP contribution in [0.15, 0.2) is 36.4 Å². The Morgan fingerprint density at radius 2 is 1.80 bits per heavy atom. The van der Waals surface area contributed by atoms with Gasteiger partial charge in [0.15, 0.2) is 0 Å². The van der Waals surface area contributed by atoms with Crippen molar-refractivity contribution in [3.8, 4) is 5.75 Å². The molecule has 2 aromatic rings. The Hall–Kier alpha value is -3.46. The largest absolute Gasteiger partial charge is 0.494 e. The van der Waals surface area contributed by atoms with Crippen LogP contribution >= 0.6 is 0 Å². The maximum absolute atomic E-state index is 14.6. The Morgan fingerprint density at radius 1 is 1.06 bits per heavy atom. The maximum atomic E-state index is 14.6. The number of carbonyl (C=O) groups is 3. The molecule has 2 aromatic carbocycles. The molecule has 0 bridgehead atoms. The molecule has 8 nitrogen and oxygen atoms in total. The lowest BCUT2D eigenvalue weighted by molar-refractivity contribution is -0.136. The smallest absolute Gasteiger partial charge is 0.255 e. The number of amides is 3. The van der Waals surface area contributed by atoms with Crippen molar-refractivity contribution < 1.29 is 23.5 Å². The molecule has 3 aliphatic heterocycles. The average Bonchev–Trinajstić information content (AvgIpc) is 3.16. The summed E-state index contributed by atoms with van der Waals surface area (Å²) in [5.41, 5.74) is 2.98. The van der Waals surface area contributed by atoms with E-state index in [1.165, 1.54) is 22.6 Å². The van der Waals surface area contributed by atoms with E-state index in [0.29, 0.717) is 30.9 Å². The van der Waals surface area contributed by atoms with Crippen molar-refractivity contribution in [1.29, 1.82) is 0 Å². The standard InChI is InChI=1S/C26H29FN4O4/c1-2-35-19-5-3-17(4-6-19)15-29-9-11-30(12-10-29)23-14-18(27)13-20-21(23)16-31(26(20)34)22-7-8-24(32)28-25(22)33/h3-6,13-14,22H,2,7-12,15-16H2,1H3,(H,28,32,33). The number of piperazine rings is 1. The summed E-state index contributed by atoms with van der Waals surface area (Å²) in [7, 11) is 0. The minimum atomic E-state index is -0.713. The molecule has 5 rings (SSSR count). The molecule has 9 heteroatoms. The summed E-state index contributed by atoms with van der Waals surface area (Å²) < 4.78 is 20.1. The number of ether oxygens (including phenoxy) is 1. The highest BCUT2D eigenvalue weighted by atomic mass is 19.1. The summed E-state index contributed by atoms with van der Waals surface area (Å²) in [6, 6.07) is 10.1. The number of piperidine rings is 1. The van der Waals surface area contributed by atoms with E-state index >= 15 is 0 Å². The number of hydrogen-bond donors (Lipinski definition) is 1. The Kier molecular flexibility index (Phi) is 6.42. The van der Waals surface area contributed by atoms with Gasteiger partial charge in [0, 0.05) is 62.5 Å². The van der Waals surface area contributed by atoms with Crippen molar-refractivity contribution in [2.45, 2.75) is 38.9 Å².